The largest absolute Gasteiger partial charge is 0.427 e. The van der Waals surface area contributed by atoms with Crippen molar-refractivity contribution in [3.8, 4) is 0 Å². The second-order valence-corrected chi connectivity index (χ2v) is 12.4. The minimum Gasteiger partial charge on any atom is -0.380 e. The van der Waals surface area contributed by atoms with E-state index >= 15 is 13.2 Å². The third kappa shape index (κ3) is 6.10. The number of nitrogens with one attached hydrogen (secondary N) is 1. The van der Waals surface area contributed by atoms with Crippen LogP contribution in [0, 0.1) is 0 Å². The Morgan fingerprint density at radius 2 is 1.72 bits per heavy atom. The fraction of sp³-hybridized carbons (Fsp3) is 0.458. The molecular formula is C24H26F8N6O4S. The minimum absolute atomic E-state index is 0.00499. The number of hydrogen-bond donors (Lipinski definition) is 1. The summed E-state index contributed by atoms with van der Waals surface area (Å²) in [5, 5.41) is 2.66. The molecule has 4 rings (SSSR count). The Hall–Kier alpha value is -3.58. The van der Waals surface area contributed by atoms with E-state index in [4.69, 9.17) is 4.74 Å². The van der Waals surface area contributed by atoms with Crippen molar-refractivity contribution in [3.63, 3.8) is 0 Å². The van der Waals surface area contributed by atoms with Gasteiger partial charge in [-0.1, -0.05) is 19.4 Å². The van der Waals surface area contributed by atoms with Crippen LogP contribution in [0.5, 0.6) is 0 Å². The molecule has 0 radical (unpaired) electrons. The molecule has 2 aliphatic heterocycles. The van der Waals surface area contributed by atoms with E-state index in [0.29, 0.717) is 11.1 Å². The Bertz CT molecular complexity index is 1400. The summed E-state index contributed by atoms with van der Waals surface area (Å²) >= 11 is 0. The topological polar surface area (TPSA) is 108 Å². The molecule has 2 aliphatic rings. The number of rotatable bonds is 7. The number of methoxy groups -OCH3 is 1. The van der Waals surface area contributed by atoms with Crippen molar-refractivity contribution >= 4 is 33.6 Å². The van der Waals surface area contributed by atoms with Crippen molar-refractivity contribution in [1.82, 2.24) is 25.1 Å². The lowest BCUT2D eigenvalue weighted by Gasteiger charge is -2.47. The molecule has 2 fully saturated rings. The van der Waals surface area contributed by atoms with Gasteiger partial charge in [-0.15, -0.1) is 0 Å². The summed E-state index contributed by atoms with van der Waals surface area (Å²) in [7, 11) is -7.65. The Morgan fingerprint density at radius 3 is 2.21 bits per heavy atom. The summed E-state index contributed by atoms with van der Waals surface area (Å²) in [4.78, 5) is 47.1. The van der Waals surface area contributed by atoms with Crippen molar-refractivity contribution in [1.29, 1.82) is 0 Å². The zero-order valence-corrected chi connectivity index (χ0v) is 23.3. The Kier molecular flexibility index (Phi) is 7.71. The smallest absolute Gasteiger partial charge is 0.380 e. The van der Waals surface area contributed by atoms with Crippen molar-refractivity contribution in [2.45, 2.75) is 35.2 Å². The zero-order valence-electron chi connectivity index (χ0n) is 22.5. The van der Waals surface area contributed by atoms with Crippen LogP contribution in [0.4, 0.5) is 38.3 Å². The Morgan fingerprint density at radius 1 is 1.07 bits per heavy atom. The molecular weight excluding hydrogens is 620 g/mol. The Labute approximate surface area is 239 Å². The molecule has 2 saturated heterocycles. The lowest BCUT2D eigenvalue weighted by molar-refractivity contribution is -0.205. The van der Waals surface area contributed by atoms with E-state index in [9.17, 15) is 33.8 Å². The van der Waals surface area contributed by atoms with E-state index in [1.807, 2.05) is 0 Å². The van der Waals surface area contributed by atoms with Crippen molar-refractivity contribution in [2.24, 2.45) is 0 Å². The summed E-state index contributed by atoms with van der Waals surface area (Å²) in [5.74, 6) is -4.03. The van der Waals surface area contributed by atoms with Gasteiger partial charge in [0.15, 0.2) is 0 Å². The molecule has 3 heterocycles. The van der Waals surface area contributed by atoms with Crippen LogP contribution in [0.1, 0.15) is 12.1 Å². The quantitative estimate of drug-likeness (QED) is 0.459. The van der Waals surface area contributed by atoms with Gasteiger partial charge >= 0.3 is 16.4 Å². The van der Waals surface area contributed by atoms with Crippen LogP contribution >= 0.6 is 10.2 Å². The first-order valence-corrected chi connectivity index (χ1v) is 14.5. The lowest BCUT2D eigenvalue weighted by Crippen LogP contribution is -2.70. The second kappa shape index (κ2) is 10.3. The number of anilines is 1. The summed E-state index contributed by atoms with van der Waals surface area (Å²) in [6.45, 7) is -1.41. The molecule has 238 valence electrons. The van der Waals surface area contributed by atoms with Gasteiger partial charge in [0, 0.05) is 51.9 Å². The molecule has 1 aromatic carbocycles. The number of halogens is 8. The highest BCUT2D eigenvalue weighted by Crippen LogP contribution is 3.02. The fourth-order valence-electron chi connectivity index (χ4n) is 4.92. The number of carbonyl (C=O) groups excluding carboxylic acids is 3. The molecule has 3 unspecified atom stereocenters. The molecule has 2 aromatic rings. The fourth-order valence-corrected chi connectivity index (χ4v) is 5.58. The first-order valence-electron chi connectivity index (χ1n) is 12.5. The van der Waals surface area contributed by atoms with Gasteiger partial charge < -0.3 is 19.9 Å². The molecule has 0 saturated carbocycles. The van der Waals surface area contributed by atoms with Gasteiger partial charge in [-0.2, -0.15) is 13.2 Å². The van der Waals surface area contributed by atoms with Crippen LogP contribution < -0.4 is 10.2 Å². The number of piperazine rings is 1. The highest BCUT2D eigenvalue weighted by Gasteiger charge is 2.70. The Balaban J connectivity index is 2.01. The molecule has 3 atom stereocenters. The maximum Gasteiger partial charge on any atom is 0.427 e. The van der Waals surface area contributed by atoms with Crippen LogP contribution in [-0.4, -0.2) is 96.1 Å². The van der Waals surface area contributed by atoms with Crippen LogP contribution in [0.15, 0.2) is 47.8 Å². The number of aromatic nitrogens is 2. The van der Waals surface area contributed by atoms with E-state index < -0.39 is 81.2 Å². The number of benzene rings is 1. The molecule has 0 spiro atoms. The first kappa shape index (κ1) is 32.3. The predicted octanol–water partition coefficient (Wildman–Crippen LogP) is 3.60. The van der Waals surface area contributed by atoms with Gasteiger partial charge in [-0.05, 0) is 30.7 Å². The maximum atomic E-state index is 15.6. The van der Waals surface area contributed by atoms with E-state index in [-0.39, 0.29) is 48.7 Å². The molecule has 43 heavy (non-hydrogen) atoms. The van der Waals surface area contributed by atoms with Crippen LogP contribution in [0.2, 0.25) is 0 Å². The molecule has 3 amide bonds. The molecule has 1 aromatic heterocycles. The number of nitrogens with zero attached hydrogens (tertiary/aromatic N) is 5. The van der Waals surface area contributed by atoms with Gasteiger partial charge in [0.1, 0.15) is 10.6 Å². The summed E-state index contributed by atoms with van der Waals surface area (Å²) in [6, 6.07) is -1.31. The molecule has 0 bridgehead atoms. The maximum absolute atomic E-state index is 15.6. The van der Waals surface area contributed by atoms with Gasteiger partial charge in [-0.25, -0.2) is 0 Å². The second-order valence-electron chi connectivity index (χ2n) is 10.0. The number of hydrogen-bond acceptors (Lipinski definition) is 7. The van der Waals surface area contributed by atoms with Crippen molar-refractivity contribution in [3.05, 3.63) is 48.5 Å². The number of alkyl halides is 3. The summed E-state index contributed by atoms with van der Waals surface area (Å²) in [6.07, 6.45) is -4.29. The third-order valence-corrected chi connectivity index (χ3v) is 8.38. The summed E-state index contributed by atoms with van der Waals surface area (Å²) < 4.78 is 119. The van der Waals surface area contributed by atoms with Crippen LogP contribution in [-0.2, 0) is 24.7 Å². The van der Waals surface area contributed by atoms with Gasteiger partial charge in [-0.3, -0.25) is 29.3 Å². The predicted molar refractivity (Wildman–Crippen MR) is 137 cm³/mol. The summed E-state index contributed by atoms with van der Waals surface area (Å²) in [5.41, 5.74) is -6.22. The SMILES string of the molecule is COC1CNC(C(=O)N(c2ccc(S(F)(F)(F)(F)F)cc2)C(C(=O)N2CCN(C)C(=O)C2)(c2cnccn2)C(F)(F)F)C1. The van der Waals surface area contributed by atoms with Crippen molar-refractivity contribution < 1.29 is 51.7 Å². The van der Waals surface area contributed by atoms with Crippen molar-refractivity contribution in [2.75, 3.05) is 45.2 Å². The molecule has 1 N–H and O–H groups in total. The highest BCUT2D eigenvalue weighted by molar-refractivity contribution is 8.45. The average molecular weight is 647 g/mol. The average Bonchev–Trinajstić information content (AvgIpc) is 3.41. The monoisotopic (exact) mass is 646 g/mol. The van der Waals surface area contributed by atoms with Gasteiger partial charge in [0.05, 0.1) is 24.9 Å². The molecule has 0 aliphatic carbocycles. The lowest BCUT2D eigenvalue weighted by atomic mass is 9.87. The van der Waals surface area contributed by atoms with E-state index in [1.54, 1.807) is 0 Å². The highest BCUT2D eigenvalue weighted by atomic mass is 32.5. The third-order valence-electron chi connectivity index (χ3n) is 7.22. The number of carbonyl (C=O) groups is 3. The number of amides is 3. The zero-order chi connectivity index (χ0) is 32.1. The van der Waals surface area contributed by atoms with Crippen LogP contribution in [0.3, 0.4) is 0 Å². The minimum atomic E-state index is -10.3. The van der Waals surface area contributed by atoms with E-state index in [0.717, 1.165) is 17.3 Å². The van der Waals surface area contributed by atoms with Gasteiger partial charge in [0.2, 0.25) is 11.8 Å². The number of likely N-dealkylation sites (N-methyl/N-ethyl adjacent to an activating group) is 1. The first-order chi connectivity index (χ1) is 19.7. The molecule has 10 nitrogen and oxygen atoms in total. The van der Waals surface area contributed by atoms with Crippen LogP contribution in [0.25, 0.3) is 0 Å². The van der Waals surface area contributed by atoms with E-state index in [1.165, 1.54) is 14.2 Å². The normalized spacial score (nSPS) is 22.9. The van der Waals surface area contributed by atoms with Gasteiger partial charge in [0.25, 0.3) is 11.4 Å². The standard InChI is InChI=1S/C24H26F8N6O4S/c1-36-9-10-37(14-20(36)39)22(41)23(24(25,26)27,19-13-33-7-8-34-19)38(21(40)18-11-16(42-2)12-35-18)15-3-5-17(6-4-15)43(28,29,30,31)32/h3-8,13,16,18,35H,9-12,14H2,1-2H3. The van der Waals surface area contributed by atoms with E-state index in [2.05, 4.69) is 15.3 Å². The number of ether oxygens (including phenoxy) is 1. The molecule has 19 heteroatoms.